The van der Waals surface area contributed by atoms with Crippen LogP contribution in [0.4, 0.5) is 11.4 Å². The summed E-state index contributed by atoms with van der Waals surface area (Å²) in [5, 5.41) is 4.72. The molecule has 5 rings (SSSR count). The zero-order valence-electron chi connectivity index (χ0n) is 16.2. The van der Waals surface area contributed by atoms with Gasteiger partial charge in [0.05, 0.1) is 21.4 Å². The Morgan fingerprint density at radius 3 is 3.00 bits per heavy atom. The van der Waals surface area contributed by atoms with Crippen molar-refractivity contribution in [3.63, 3.8) is 0 Å². The molecule has 1 fully saturated rings. The molecule has 1 N–H and O–H groups in total. The first-order chi connectivity index (χ1) is 14.2. The highest BCUT2D eigenvalue weighted by atomic mass is 32.1. The minimum atomic E-state index is 0.187. The number of thiophene rings is 1. The molecule has 1 aliphatic heterocycles. The zero-order chi connectivity index (χ0) is 19.8. The van der Waals surface area contributed by atoms with Crippen molar-refractivity contribution in [3.8, 4) is 0 Å². The predicted molar refractivity (Wildman–Crippen MR) is 121 cm³/mol. The standard InChI is InChI=1S/C22H22N4OS2/c1-14(27)26-9-2-3-15(7-10-26)21-12-17-18(6-8-23-22(17)29-21)25-16-4-5-20-19(11-16)24-13-28-20/h4-6,8,11-13,15H,2-3,7,9-10H2,1H3,(H,23,25). The van der Waals surface area contributed by atoms with Gasteiger partial charge in [-0.1, -0.05) is 0 Å². The Morgan fingerprint density at radius 1 is 1.17 bits per heavy atom. The van der Waals surface area contributed by atoms with E-state index in [0.29, 0.717) is 5.92 Å². The normalized spacial score (nSPS) is 17.6. The molecule has 4 heterocycles. The third kappa shape index (κ3) is 3.72. The maximum Gasteiger partial charge on any atom is 0.219 e. The van der Waals surface area contributed by atoms with Crippen molar-refractivity contribution in [2.45, 2.75) is 32.1 Å². The minimum absolute atomic E-state index is 0.187. The summed E-state index contributed by atoms with van der Waals surface area (Å²) >= 11 is 3.44. The second-order valence-corrected chi connectivity index (χ2v) is 9.47. The molecular formula is C22H22N4OS2. The van der Waals surface area contributed by atoms with Gasteiger partial charge in [-0.25, -0.2) is 9.97 Å². The van der Waals surface area contributed by atoms with E-state index in [1.165, 1.54) is 15.0 Å². The van der Waals surface area contributed by atoms with Crippen LogP contribution >= 0.6 is 22.7 Å². The number of rotatable bonds is 3. The van der Waals surface area contributed by atoms with Crippen molar-refractivity contribution in [3.05, 3.63) is 46.9 Å². The van der Waals surface area contributed by atoms with Crippen LogP contribution in [0.3, 0.4) is 0 Å². The molecule has 0 aliphatic carbocycles. The number of anilines is 2. The summed E-state index contributed by atoms with van der Waals surface area (Å²) in [4.78, 5) is 25.2. The number of amides is 1. The molecule has 29 heavy (non-hydrogen) atoms. The molecule has 1 amide bonds. The average molecular weight is 423 g/mol. The summed E-state index contributed by atoms with van der Waals surface area (Å²) in [5.74, 6) is 0.685. The van der Waals surface area contributed by atoms with E-state index >= 15 is 0 Å². The highest BCUT2D eigenvalue weighted by Gasteiger charge is 2.22. The van der Waals surface area contributed by atoms with Crippen molar-refractivity contribution in [1.29, 1.82) is 0 Å². The number of carbonyl (C=O) groups excluding carboxylic acids is 1. The molecule has 7 heteroatoms. The largest absolute Gasteiger partial charge is 0.355 e. The molecule has 1 unspecified atom stereocenters. The number of carbonyl (C=O) groups is 1. The Labute approximate surface area is 177 Å². The van der Waals surface area contributed by atoms with E-state index in [-0.39, 0.29) is 5.91 Å². The second-order valence-electron chi connectivity index (χ2n) is 7.52. The Morgan fingerprint density at radius 2 is 2.10 bits per heavy atom. The molecule has 1 aromatic carbocycles. The van der Waals surface area contributed by atoms with Gasteiger partial charge >= 0.3 is 0 Å². The Bertz CT molecular complexity index is 1180. The fraction of sp³-hybridized carbons (Fsp3) is 0.318. The van der Waals surface area contributed by atoms with E-state index in [1.807, 2.05) is 22.7 Å². The smallest absolute Gasteiger partial charge is 0.219 e. The number of benzene rings is 1. The van der Waals surface area contributed by atoms with Crippen LogP contribution in [-0.2, 0) is 4.79 Å². The number of aromatic nitrogens is 2. The SMILES string of the molecule is CC(=O)N1CCCC(c2cc3c(Nc4ccc5scnc5c4)ccnc3s2)CC1. The molecular weight excluding hydrogens is 400 g/mol. The van der Waals surface area contributed by atoms with Gasteiger partial charge in [0.25, 0.3) is 0 Å². The Kier molecular flexibility index (Phi) is 4.93. The molecule has 3 aromatic heterocycles. The molecule has 5 nitrogen and oxygen atoms in total. The number of hydrogen-bond donors (Lipinski definition) is 1. The summed E-state index contributed by atoms with van der Waals surface area (Å²) in [6.45, 7) is 3.39. The first-order valence-corrected chi connectivity index (χ1v) is 11.6. The number of likely N-dealkylation sites (tertiary alicyclic amines) is 1. The number of fused-ring (bicyclic) bond motifs is 2. The van der Waals surface area contributed by atoms with Crippen LogP contribution in [0.2, 0.25) is 0 Å². The third-order valence-electron chi connectivity index (χ3n) is 5.64. The van der Waals surface area contributed by atoms with E-state index in [1.54, 1.807) is 29.6 Å². The summed E-state index contributed by atoms with van der Waals surface area (Å²) < 4.78 is 1.20. The van der Waals surface area contributed by atoms with Crippen LogP contribution in [0.15, 0.2) is 42.0 Å². The quantitative estimate of drug-likeness (QED) is 0.456. The molecule has 4 aromatic rings. The first-order valence-electron chi connectivity index (χ1n) is 9.91. The number of pyridine rings is 1. The van der Waals surface area contributed by atoms with Gasteiger partial charge in [0.2, 0.25) is 5.91 Å². The van der Waals surface area contributed by atoms with Crippen LogP contribution in [0.5, 0.6) is 0 Å². The molecule has 0 bridgehead atoms. The maximum atomic E-state index is 11.7. The maximum absolute atomic E-state index is 11.7. The topological polar surface area (TPSA) is 58.1 Å². The average Bonchev–Trinajstić information content (AvgIpc) is 3.28. The van der Waals surface area contributed by atoms with Gasteiger partial charge in [-0.05, 0) is 55.5 Å². The predicted octanol–water partition coefficient (Wildman–Crippen LogP) is 5.77. The van der Waals surface area contributed by atoms with Crippen LogP contribution in [-0.4, -0.2) is 33.9 Å². The lowest BCUT2D eigenvalue weighted by molar-refractivity contribution is -0.128. The molecule has 148 valence electrons. The number of nitrogens with one attached hydrogen (secondary N) is 1. The molecule has 0 radical (unpaired) electrons. The van der Waals surface area contributed by atoms with Gasteiger partial charge in [-0.15, -0.1) is 22.7 Å². The number of nitrogens with zero attached hydrogens (tertiary/aromatic N) is 3. The lowest BCUT2D eigenvalue weighted by atomic mass is 9.98. The van der Waals surface area contributed by atoms with E-state index in [9.17, 15) is 4.79 Å². The third-order valence-corrected chi connectivity index (χ3v) is 7.66. The van der Waals surface area contributed by atoms with Gasteiger partial charge in [0, 0.05) is 42.2 Å². The highest BCUT2D eigenvalue weighted by molar-refractivity contribution is 7.18. The van der Waals surface area contributed by atoms with Gasteiger partial charge < -0.3 is 10.2 Å². The summed E-state index contributed by atoms with van der Waals surface area (Å²) in [7, 11) is 0. The second kappa shape index (κ2) is 7.72. The van der Waals surface area contributed by atoms with Crippen LogP contribution in [0, 0.1) is 0 Å². The van der Waals surface area contributed by atoms with Crippen LogP contribution in [0.1, 0.15) is 37.0 Å². The van der Waals surface area contributed by atoms with Gasteiger partial charge in [0.15, 0.2) is 0 Å². The minimum Gasteiger partial charge on any atom is -0.355 e. The molecule has 1 saturated heterocycles. The first kappa shape index (κ1) is 18.5. The summed E-state index contributed by atoms with van der Waals surface area (Å²) in [5.41, 5.74) is 5.01. The molecule has 0 saturated carbocycles. The van der Waals surface area contributed by atoms with Gasteiger partial charge in [0.1, 0.15) is 4.83 Å². The summed E-state index contributed by atoms with van der Waals surface area (Å²) in [6, 6.07) is 10.6. The van der Waals surface area contributed by atoms with E-state index in [4.69, 9.17) is 0 Å². The lowest BCUT2D eigenvalue weighted by Crippen LogP contribution is -2.29. The van der Waals surface area contributed by atoms with E-state index in [2.05, 4.69) is 39.6 Å². The van der Waals surface area contributed by atoms with Crippen molar-refractivity contribution < 1.29 is 4.79 Å². The highest BCUT2D eigenvalue weighted by Crippen LogP contribution is 2.38. The van der Waals surface area contributed by atoms with E-state index in [0.717, 1.165) is 54.1 Å². The zero-order valence-corrected chi connectivity index (χ0v) is 17.9. The molecule has 1 atom stereocenters. The fourth-order valence-electron chi connectivity index (χ4n) is 4.06. The molecule has 0 spiro atoms. The van der Waals surface area contributed by atoms with Crippen LogP contribution in [0.25, 0.3) is 20.4 Å². The summed E-state index contributed by atoms with van der Waals surface area (Å²) in [6.07, 6.45) is 5.08. The Balaban J connectivity index is 1.42. The van der Waals surface area contributed by atoms with Crippen molar-refractivity contribution in [2.24, 2.45) is 0 Å². The number of hydrogen-bond acceptors (Lipinski definition) is 6. The van der Waals surface area contributed by atoms with Crippen molar-refractivity contribution in [2.75, 3.05) is 18.4 Å². The van der Waals surface area contributed by atoms with Gasteiger partial charge in [-0.2, -0.15) is 0 Å². The van der Waals surface area contributed by atoms with E-state index < -0.39 is 0 Å². The van der Waals surface area contributed by atoms with Crippen molar-refractivity contribution in [1.82, 2.24) is 14.9 Å². The fourth-order valence-corrected chi connectivity index (χ4v) is 5.91. The lowest BCUT2D eigenvalue weighted by Gasteiger charge is -2.18. The molecule has 1 aliphatic rings. The monoisotopic (exact) mass is 422 g/mol. The van der Waals surface area contributed by atoms with Crippen LogP contribution < -0.4 is 5.32 Å². The van der Waals surface area contributed by atoms with Gasteiger partial charge in [-0.3, -0.25) is 4.79 Å². The van der Waals surface area contributed by atoms with Crippen molar-refractivity contribution >= 4 is 60.4 Å². The Hall–Kier alpha value is -2.51. The number of thiazole rings is 1.